The molecule has 0 saturated heterocycles. The van der Waals surface area contributed by atoms with Crippen molar-refractivity contribution in [1.29, 1.82) is 0 Å². The van der Waals surface area contributed by atoms with Crippen molar-refractivity contribution in [1.82, 2.24) is 10.6 Å². The van der Waals surface area contributed by atoms with Crippen molar-refractivity contribution in [2.45, 2.75) is 89.0 Å². The Labute approximate surface area is 256 Å². The monoisotopic (exact) mass is 607 g/mol. The molecule has 0 aromatic rings. The molecule has 0 heterocycles. The fourth-order valence-electron chi connectivity index (χ4n) is 3.18. The lowest BCUT2D eigenvalue weighted by Gasteiger charge is -2.30. The summed E-state index contributed by atoms with van der Waals surface area (Å²) < 4.78 is -0.565. The van der Waals surface area contributed by atoms with Gasteiger partial charge in [0.1, 0.15) is 0 Å². The summed E-state index contributed by atoms with van der Waals surface area (Å²) in [6.07, 6.45) is 32.9. The average molecular weight is 608 g/mol. The first-order chi connectivity index (χ1) is 19.8. The van der Waals surface area contributed by atoms with Crippen LogP contribution < -0.4 is 16.4 Å². The number of nitrogens with two attached hydrogens (primary N) is 1. The Kier molecular flexibility index (Phi) is 25.5. The molecule has 0 bridgehead atoms. The zero-order valence-corrected chi connectivity index (χ0v) is 26.8. The van der Waals surface area contributed by atoms with Gasteiger partial charge in [-0.25, -0.2) is 0 Å². The number of carbonyl (C=O) groups is 2. The van der Waals surface area contributed by atoms with E-state index in [1.165, 1.54) is 21.6 Å². The highest BCUT2D eigenvalue weighted by atomic mass is 33.1. The Bertz CT molecular complexity index is 863. The highest BCUT2D eigenvalue weighted by Gasteiger charge is 2.33. The molecule has 0 saturated carbocycles. The molecule has 0 aliphatic rings. The second kappa shape index (κ2) is 26.8. The fraction of sp³-hybridized carbons (Fsp3) is 0.562. The number of nitrogens with one attached hydrogen (secondary N) is 2. The van der Waals surface area contributed by atoms with Crippen molar-refractivity contribution in [2.75, 3.05) is 25.5 Å². The molecule has 6 N–H and O–H groups in total. The quantitative estimate of drug-likeness (QED) is 0.0555. The molecule has 2 amide bonds. The van der Waals surface area contributed by atoms with Crippen LogP contribution in [0.3, 0.4) is 0 Å². The lowest BCUT2D eigenvalue weighted by Crippen LogP contribution is -2.55. The molecule has 0 aromatic heterocycles. The van der Waals surface area contributed by atoms with Gasteiger partial charge < -0.3 is 26.6 Å². The van der Waals surface area contributed by atoms with Crippen LogP contribution in [-0.4, -0.2) is 64.4 Å². The summed E-state index contributed by atoms with van der Waals surface area (Å²) >= 11 is 0. The van der Waals surface area contributed by atoms with Crippen LogP contribution in [0.15, 0.2) is 72.9 Å². The summed E-state index contributed by atoms with van der Waals surface area (Å²) in [4.78, 5) is 24.3. The molecule has 0 aromatic carbocycles. The normalized spacial score (nSPS) is 13.7. The van der Waals surface area contributed by atoms with E-state index in [9.17, 15) is 9.59 Å². The molecule has 0 fully saturated rings. The summed E-state index contributed by atoms with van der Waals surface area (Å²) in [7, 11) is 3.02. The van der Waals surface area contributed by atoms with Crippen LogP contribution in [0, 0.1) is 0 Å². The highest BCUT2D eigenvalue weighted by molar-refractivity contribution is 8.77. The number of hydrogen-bond acceptors (Lipinski definition) is 7. The molecule has 1 atom stereocenters. The van der Waals surface area contributed by atoms with Gasteiger partial charge in [-0.3, -0.25) is 9.59 Å². The van der Waals surface area contributed by atoms with Crippen molar-refractivity contribution in [3.8, 4) is 0 Å². The fourth-order valence-corrected chi connectivity index (χ4v) is 5.68. The number of amides is 2. The molecular weight excluding hydrogens is 555 g/mol. The van der Waals surface area contributed by atoms with E-state index in [0.29, 0.717) is 25.1 Å². The van der Waals surface area contributed by atoms with E-state index in [4.69, 9.17) is 15.9 Å². The van der Waals surface area contributed by atoms with E-state index in [0.717, 1.165) is 38.5 Å². The molecule has 41 heavy (non-hydrogen) atoms. The largest absolute Gasteiger partial charge is 0.394 e. The van der Waals surface area contributed by atoms with Gasteiger partial charge in [0.25, 0.3) is 0 Å². The van der Waals surface area contributed by atoms with Gasteiger partial charge in [-0.2, -0.15) is 0 Å². The van der Waals surface area contributed by atoms with Gasteiger partial charge in [0.15, 0.2) is 0 Å². The van der Waals surface area contributed by atoms with E-state index >= 15 is 0 Å². The van der Waals surface area contributed by atoms with Crippen LogP contribution in [0.4, 0.5) is 0 Å². The Morgan fingerprint density at radius 3 is 1.73 bits per heavy atom. The maximum absolute atomic E-state index is 12.2. The second-order valence-corrected chi connectivity index (χ2v) is 12.9. The summed E-state index contributed by atoms with van der Waals surface area (Å²) in [6.45, 7) is 5.72. The molecule has 0 unspecified atom stereocenters. The smallest absolute Gasteiger partial charge is 0.238 e. The Balaban J connectivity index is 3.85. The third kappa shape index (κ3) is 23.2. The van der Waals surface area contributed by atoms with Gasteiger partial charge in [-0.05, 0) is 58.8 Å². The van der Waals surface area contributed by atoms with Crippen LogP contribution in [0.1, 0.15) is 72.1 Å². The Morgan fingerprint density at radius 1 is 0.805 bits per heavy atom. The van der Waals surface area contributed by atoms with Gasteiger partial charge in [0.05, 0.1) is 25.3 Å². The lowest BCUT2D eigenvalue weighted by atomic mass is 10.0. The molecule has 9 heteroatoms. The van der Waals surface area contributed by atoms with Gasteiger partial charge in [-0.15, -0.1) is 0 Å². The van der Waals surface area contributed by atoms with Crippen LogP contribution in [0.25, 0.3) is 0 Å². The SMILES string of the molecule is CC/C=C\C/C=C\C/C=C\C/C=C\C/C=C\C/C=C\CCC(=O)NCCSSC(C)(C)[C@H](N)C(=O)NC(CO)CO. The minimum atomic E-state index is -0.809. The number of carbonyl (C=O) groups excluding carboxylic acids is 2. The van der Waals surface area contributed by atoms with Crippen molar-refractivity contribution in [3.63, 3.8) is 0 Å². The topological polar surface area (TPSA) is 125 Å². The van der Waals surface area contributed by atoms with Crippen LogP contribution >= 0.6 is 21.6 Å². The van der Waals surface area contributed by atoms with Gasteiger partial charge in [0, 0.05) is 23.5 Å². The average Bonchev–Trinajstić information content (AvgIpc) is 2.96. The number of rotatable bonds is 24. The molecule has 0 rings (SSSR count). The van der Waals surface area contributed by atoms with Crippen LogP contribution in [-0.2, 0) is 9.59 Å². The summed E-state index contributed by atoms with van der Waals surface area (Å²) in [6, 6.07) is -1.53. The van der Waals surface area contributed by atoms with Crippen molar-refractivity contribution in [3.05, 3.63) is 72.9 Å². The molecule has 0 spiro atoms. The first-order valence-electron chi connectivity index (χ1n) is 14.5. The third-order valence-corrected chi connectivity index (χ3v) is 9.05. The van der Waals surface area contributed by atoms with E-state index < -0.39 is 22.7 Å². The van der Waals surface area contributed by atoms with E-state index in [-0.39, 0.29) is 19.1 Å². The minimum absolute atomic E-state index is 0.0181. The van der Waals surface area contributed by atoms with Crippen molar-refractivity contribution < 1.29 is 19.8 Å². The molecule has 7 nitrogen and oxygen atoms in total. The predicted molar refractivity (Wildman–Crippen MR) is 179 cm³/mol. The second-order valence-electron chi connectivity index (χ2n) is 9.86. The first kappa shape index (κ1) is 39.0. The van der Waals surface area contributed by atoms with Gasteiger partial charge in [0.2, 0.25) is 11.8 Å². The number of hydrogen-bond donors (Lipinski definition) is 5. The third-order valence-electron chi connectivity index (χ3n) is 5.73. The zero-order valence-electron chi connectivity index (χ0n) is 25.2. The van der Waals surface area contributed by atoms with Gasteiger partial charge in [-0.1, -0.05) is 101 Å². The summed E-state index contributed by atoms with van der Waals surface area (Å²) in [5.74, 6) is 0.285. The maximum atomic E-state index is 12.2. The Hall–Kier alpha value is -2.04. The zero-order chi connectivity index (χ0) is 30.6. The minimum Gasteiger partial charge on any atom is -0.394 e. The molecule has 232 valence electrons. The van der Waals surface area contributed by atoms with Crippen molar-refractivity contribution >= 4 is 33.4 Å². The van der Waals surface area contributed by atoms with Gasteiger partial charge >= 0.3 is 0 Å². The molecule has 0 aliphatic heterocycles. The number of aliphatic hydroxyl groups is 2. The number of aliphatic hydroxyl groups excluding tert-OH is 2. The molecule has 0 radical (unpaired) electrons. The first-order valence-corrected chi connectivity index (χ1v) is 16.8. The standard InChI is InChI=1S/C32H53N3O4S2/c1-4-5-6-7-8-9-10-11-12-13-14-15-16-17-18-19-20-21-22-23-29(38)34-24-25-40-41-32(2,3)30(33)31(39)35-28(26-36)27-37/h5-6,8-9,11-12,14-15,17-18,20-21,28,30,36-37H,4,7,10,13,16,19,22-27,33H2,1-3H3,(H,34,38)(H,35,39)/b6-5-,9-8-,12-11-,15-14-,18-17-,21-20-/t30-/m1/s1. The lowest BCUT2D eigenvalue weighted by molar-refractivity contribution is -0.124. The van der Waals surface area contributed by atoms with E-state index in [1.54, 1.807) is 0 Å². The summed E-state index contributed by atoms with van der Waals surface area (Å²) in [5, 5.41) is 23.7. The molecule has 0 aliphatic carbocycles. The highest BCUT2D eigenvalue weighted by Crippen LogP contribution is 2.37. The van der Waals surface area contributed by atoms with Crippen LogP contribution in [0.2, 0.25) is 0 Å². The predicted octanol–water partition coefficient (Wildman–Crippen LogP) is 5.54. The summed E-state index contributed by atoms with van der Waals surface area (Å²) in [5.41, 5.74) is 6.08. The molecular formula is C32H53N3O4S2. The van der Waals surface area contributed by atoms with Crippen molar-refractivity contribution in [2.24, 2.45) is 5.73 Å². The van der Waals surface area contributed by atoms with E-state index in [2.05, 4.69) is 84.4 Å². The Morgan fingerprint density at radius 2 is 1.27 bits per heavy atom. The van der Waals surface area contributed by atoms with E-state index in [1.807, 2.05) is 19.9 Å². The van der Waals surface area contributed by atoms with Crippen LogP contribution in [0.5, 0.6) is 0 Å². The maximum Gasteiger partial charge on any atom is 0.238 e. The number of allylic oxidation sites excluding steroid dienone is 12.